The normalized spacial score (nSPS) is 12.1. The second kappa shape index (κ2) is 5.57. The van der Waals surface area contributed by atoms with Crippen LogP contribution in [0.25, 0.3) is 21.7 Å². The minimum Gasteiger partial charge on any atom is -0.334 e. The van der Waals surface area contributed by atoms with Gasteiger partial charge in [0.05, 0.1) is 10.7 Å². The Morgan fingerprint density at radius 2 is 1.83 bits per heavy atom. The predicted molar refractivity (Wildman–Crippen MR) is 92.1 cm³/mol. The Morgan fingerprint density at radius 3 is 2.61 bits per heavy atom. The molecule has 2 aromatic heterocycles. The Morgan fingerprint density at radius 1 is 1.09 bits per heavy atom. The molecule has 0 unspecified atom stereocenters. The fourth-order valence-electron chi connectivity index (χ4n) is 2.26. The summed E-state index contributed by atoms with van der Waals surface area (Å²) in [5.41, 5.74) is 2.77. The molecule has 0 aliphatic heterocycles. The summed E-state index contributed by atoms with van der Waals surface area (Å²) in [5.74, 6) is 6.08. The molecule has 0 amide bonds. The summed E-state index contributed by atoms with van der Waals surface area (Å²) in [6.07, 6.45) is 0. The second-order valence-corrected chi connectivity index (χ2v) is 6.23. The Labute approximate surface area is 140 Å². The quantitative estimate of drug-likeness (QED) is 0.560. The summed E-state index contributed by atoms with van der Waals surface area (Å²) in [6, 6.07) is 17.1. The van der Waals surface area contributed by atoms with Crippen LogP contribution in [0.5, 0.6) is 0 Å². The van der Waals surface area contributed by atoms with Crippen LogP contribution < -0.4 is 10.6 Å². The topological polar surface area (TPSA) is 69.3 Å². The van der Waals surface area contributed by atoms with E-state index in [2.05, 4.69) is 10.1 Å². The lowest BCUT2D eigenvalue weighted by atomic mass is 10.1. The van der Waals surface area contributed by atoms with Crippen molar-refractivity contribution in [1.29, 1.82) is 0 Å². The standard InChI is InChI=1S/C16H11ClN4OS/c17-12-9-5-4-8-11(12)13-14-15(22-20-13)21(18)16(23-14)19-10-6-2-1-3-7-10/h1-9H,18H2. The van der Waals surface area contributed by atoms with Gasteiger partial charge in [0.25, 0.3) is 5.71 Å². The van der Waals surface area contributed by atoms with E-state index in [4.69, 9.17) is 22.0 Å². The molecule has 7 heteroatoms. The zero-order chi connectivity index (χ0) is 15.8. The van der Waals surface area contributed by atoms with Gasteiger partial charge in [-0.15, -0.1) is 0 Å². The fraction of sp³-hybridized carbons (Fsp3) is 0. The van der Waals surface area contributed by atoms with Crippen molar-refractivity contribution in [2.24, 2.45) is 4.99 Å². The number of hydrogen-bond acceptors (Lipinski definition) is 5. The van der Waals surface area contributed by atoms with Crippen LogP contribution in [0.3, 0.4) is 0 Å². The molecule has 0 fully saturated rings. The molecular formula is C16H11ClN4OS. The van der Waals surface area contributed by atoms with Crippen LogP contribution in [0.2, 0.25) is 5.02 Å². The maximum atomic E-state index is 6.25. The van der Waals surface area contributed by atoms with Crippen molar-refractivity contribution in [3.63, 3.8) is 0 Å². The van der Waals surface area contributed by atoms with Gasteiger partial charge in [0.15, 0.2) is 0 Å². The molecule has 0 bridgehead atoms. The lowest BCUT2D eigenvalue weighted by molar-refractivity contribution is 0.443. The number of rotatable bonds is 2. The molecule has 23 heavy (non-hydrogen) atoms. The zero-order valence-electron chi connectivity index (χ0n) is 11.8. The van der Waals surface area contributed by atoms with Crippen LogP contribution >= 0.6 is 22.9 Å². The highest BCUT2D eigenvalue weighted by Gasteiger charge is 2.18. The molecule has 4 aromatic rings. The van der Waals surface area contributed by atoms with E-state index in [9.17, 15) is 0 Å². The Hall–Kier alpha value is -2.57. The lowest BCUT2D eigenvalue weighted by Crippen LogP contribution is -2.22. The fourth-order valence-corrected chi connectivity index (χ4v) is 3.47. The highest BCUT2D eigenvalue weighted by Crippen LogP contribution is 2.33. The first kappa shape index (κ1) is 14.0. The highest BCUT2D eigenvalue weighted by molar-refractivity contribution is 7.16. The number of para-hydroxylation sites is 1. The van der Waals surface area contributed by atoms with Gasteiger partial charge in [-0.05, 0) is 18.2 Å². The number of thiazole rings is 1. The molecule has 4 rings (SSSR count). The van der Waals surface area contributed by atoms with E-state index < -0.39 is 0 Å². The smallest absolute Gasteiger partial charge is 0.270 e. The summed E-state index contributed by atoms with van der Waals surface area (Å²) in [7, 11) is 0. The molecule has 0 atom stereocenters. The van der Waals surface area contributed by atoms with Crippen molar-refractivity contribution in [2.75, 3.05) is 5.84 Å². The average Bonchev–Trinajstić information content (AvgIpc) is 3.10. The molecule has 0 aliphatic rings. The SMILES string of the molecule is Nn1c(=Nc2ccccc2)sc2c(-c3ccccc3Cl)noc21. The molecular weight excluding hydrogens is 332 g/mol. The van der Waals surface area contributed by atoms with Gasteiger partial charge in [0.1, 0.15) is 10.4 Å². The van der Waals surface area contributed by atoms with Gasteiger partial charge < -0.3 is 10.4 Å². The van der Waals surface area contributed by atoms with Crippen molar-refractivity contribution in [1.82, 2.24) is 9.83 Å². The van der Waals surface area contributed by atoms with E-state index in [1.165, 1.54) is 16.0 Å². The van der Waals surface area contributed by atoms with Gasteiger partial charge >= 0.3 is 0 Å². The van der Waals surface area contributed by atoms with E-state index in [1.807, 2.05) is 54.6 Å². The van der Waals surface area contributed by atoms with E-state index in [1.54, 1.807) is 0 Å². The van der Waals surface area contributed by atoms with Crippen molar-refractivity contribution >= 4 is 39.0 Å². The molecule has 2 aromatic carbocycles. The third-order valence-corrected chi connectivity index (χ3v) is 4.73. The molecule has 0 saturated carbocycles. The Bertz CT molecular complexity index is 1050. The van der Waals surface area contributed by atoms with Crippen molar-refractivity contribution in [3.05, 3.63) is 64.4 Å². The van der Waals surface area contributed by atoms with Gasteiger partial charge in [0.2, 0.25) is 4.80 Å². The summed E-state index contributed by atoms with van der Waals surface area (Å²) in [4.78, 5) is 5.17. The third-order valence-electron chi connectivity index (χ3n) is 3.36. The van der Waals surface area contributed by atoms with Crippen LogP contribution in [-0.2, 0) is 0 Å². The predicted octanol–water partition coefficient (Wildman–Crippen LogP) is 3.96. The Balaban J connectivity index is 1.93. The first-order valence-corrected chi connectivity index (χ1v) is 8.04. The van der Waals surface area contributed by atoms with Crippen molar-refractivity contribution in [3.8, 4) is 11.3 Å². The average molecular weight is 343 g/mol. The summed E-state index contributed by atoms with van der Waals surface area (Å²) < 4.78 is 7.61. The number of hydrogen-bond donors (Lipinski definition) is 1. The number of nitrogens with two attached hydrogens (primary N) is 1. The summed E-state index contributed by atoms with van der Waals surface area (Å²) in [5, 5.41) is 4.72. The minimum absolute atomic E-state index is 0.472. The molecule has 0 radical (unpaired) electrons. The van der Waals surface area contributed by atoms with Crippen LogP contribution in [0.1, 0.15) is 0 Å². The van der Waals surface area contributed by atoms with Gasteiger partial charge in [0, 0.05) is 5.56 Å². The van der Waals surface area contributed by atoms with E-state index in [0.29, 0.717) is 21.2 Å². The van der Waals surface area contributed by atoms with Gasteiger partial charge in [-0.2, -0.15) is 4.68 Å². The number of halogens is 1. The molecule has 0 aliphatic carbocycles. The largest absolute Gasteiger partial charge is 0.334 e. The van der Waals surface area contributed by atoms with E-state index >= 15 is 0 Å². The number of fused-ring (bicyclic) bond motifs is 1. The maximum Gasteiger partial charge on any atom is 0.270 e. The number of aromatic nitrogens is 2. The minimum atomic E-state index is 0.472. The molecule has 0 saturated heterocycles. The Kier molecular flexibility index (Phi) is 3.40. The molecule has 5 nitrogen and oxygen atoms in total. The van der Waals surface area contributed by atoms with Crippen molar-refractivity contribution < 1.29 is 4.52 Å². The van der Waals surface area contributed by atoms with Crippen LogP contribution in [0.4, 0.5) is 5.69 Å². The third kappa shape index (κ3) is 2.42. The second-order valence-electron chi connectivity index (χ2n) is 4.85. The first-order valence-electron chi connectivity index (χ1n) is 6.85. The van der Waals surface area contributed by atoms with Gasteiger partial charge in [-0.3, -0.25) is 0 Å². The van der Waals surface area contributed by atoms with Crippen LogP contribution in [0.15, 0.2) is 64.1 Å². The highest BCUT2D eigenvalue weighted by atomic mass is 35.5. The molecule has 2 N–H and O–H groups in total. The maximum absolute atomic E-state index is 6.25. The van der Waals surface area contributed by atoms with Gasteiger partial charge in [-0.25, -0.2) is 4.99 Å². The zero-order valence-corrected chi connectivity index (χ0v) is 13.4. The van der Waals surface area contributed by atoms with Gasteiger partial charge in [-0.1, -0.05) is 64.5 Å². The molecule has 114 valence electrons. The molecule has 2 heterocycles. The van der Waals surface area contributed by atoms with Crippen LogP contribution in [0, 0.1) is 0 Å². The lowest BCUT2D eigenvalue weighted by Gasteiger charge is -1.97. The summed E-state index contributed by atoms with van der Waals surface area (Å²) in [6.45, 7) is 0. The monoisotopic (exact) mass is 342 g/mol. The number of benzene rings is 2. The molecule has 0 spiro atoms. The van der Waals surface area contributed by atoms with Crippen molar-refractivity contribution in [2.45, 2.75) is 0 Å². The van der Waals surface area contributed by atoms with E-state index in [-0.39, 0.29) is 0 Å². The first-order chi connectivity index (χ1) is 11.2. The number of nitrogen functional groups attached to an aromatic ring is 1. The number of nitrogens with zero attached hydrogens (tertiary/aromatic N) is 3. The summed E-state index contributed by atoms with van der Waals surface area (Å²) >= 11 is 7.67. The van der Waals surface area contributed by atoms with E-state index in [0.717, 1.165) is 16.0 Å². The van der Waals surface area contributed by atoms with Crippen LogP contribution in [-0.4, -0.2) is 9.83 Å².